The number of methoxy groups -OCH3 is 1. The molecule has 0 spiro atoms. The van der Waals surface area contributed by atoms with E-state index in [9.17, 15) is 19.2 Å². The summed E-state index contributed by atoms with van der Waals surface area (Å²) in [6.45, 7) is 18.8. The highest BCUT2D eigenvalue weighted by Crippen LogP contribution is 2.30. The Morgan fingerprint density at radius 2 is 1.47 bits per heavy atom. The quantitative estimate of drug-likeness (QED) is 0.0845. The van der Waals surface area contributed by atoms with Crippen molar-refractivity contribution in [2.75, 3.05) is 41.9 Å². The zero-order valence-corrected chi connectivity index (χ0v) is 39.2. The number of ether oxygens (including phenoxy) is 1. The average Bonchev–Trinajstić information content (AvgIpc) is 3.76. The molecular weight excluding hydrogens is 751 g/mol. The second-order valence-electron chi connectivity index (χ2n) is 16.5. The lowest BCUT2D eigenvalue weighted by molar-refractivity contribution is -0.145. The van der Waals surface area contributed by atoms with Crippen molar-refractivity contribution >= 4 is 30.5 Å². The Labute approximate surface area is 358 Å². The number of rotatable bonds is 23. The van der Waals surface area contributed by atoms with Gasteiger partial charge in [-0.05, 0) is 82.4 Å². The molecule has 1 aromatic carbocycles. The third kappa shape index (κ3) is 21.1. The number of carbonyl (C=O) groups excluding carboxylic acids is 4. The van der Waals surface area contributed by atoms with Gasteiger partial charge in [0.1, 0.15) is 6.29 Å². The number of aliphatic hydroxyl groups excluding tert-OH is 1. The Morgan fingerprint density at radius 3 is 1.88 bits per heavy atom. The Kier molecular flexibility index (Phi) is 32.6. The van der Waals surface area contributed by atoms with Crippen LogP contribution in [-0.4, -0.2) is 129 Å². The van der Waals surface area contributed by atoms with Crippen molar-refractivity contribution in [3.63, 3.8) is 0 Å². The van der Waals surface area contributed by atoms with Crippen molar-refractivity contribution in [1.82, 2.24) is 25.8 Å². The van der Waals surface area contributed by atoms with E-state index in [0.29, 0.717) is 24.8 Å². The number of carbonyl (C=O) groups is 5. The lowest BCUT2D eigenvalue weighted by Crippen LogP contribution is -2.56. The lowest BCUT2D eigenvalue weighted by atomic mass is 9.89. The van der Waals surface area contributed by atoms with Crippen LogP contribution in [0.4, 0.5) is 0 Å². The van der Waals surface area contributed by atoms with Crippen LogP contribution in [0.1, 0.15) is 119 Å². The molecule has 0 heterocycles. The summed E-state index contributed by atoms with van der Waals surface area (Å²) in [5.74, 6) is 1.03. The van der Waals surface area contributed by atoms with Crippen LogP contribution in [-0.2, 0) is 35.1 Å². The fourth-order valence-corrected chi connectivity index (χ4v) is 8.00. The SMILES string of the molecule is CCCN(C(=O)CC(OC)C(C(C)CC)N(C)C(=O)[C@@H](NC)C(C)C)C(C)C[C@@H](C)C(=O)NC(Cc1ccccc1)C1CCCC1.CNC(C=O)C(C)C.CO.O=CO. The van der Waals surface area contributed by atoms with E-state index in [1.54, 1.807) is 19.1 Å². The molecule has 59 heavy (non-hydrogen) atoms. The molecule has 13 heteroatoms. The Bertz CT molecular complexity index is 1260. The van der Waals surface area contributed by atoms with E-state index in [-0.39, 0.29) is 78.6 Å². The zero-order valence-electron chi connectivity index (χ0n) is 39.2. The molecule has 1 saturated carbocycles. The van der Waals surface area contributed by atoms with Gasteiger partial charge in [0.05, 0.1) is 30.7 Å². The first kappa shape index (κ1) is 57.7. The van der Waals surface area contributed by atoms with Crippen LogP contribution in [0, 0.1) is 29.6 Å². The number of amides is 3. The van der Waals surface area contributed by atoms with Gasteiger partial charge in [-0.25, -0.2) is 0 Å². The van der Waals surface area contributed by atoms with Crippen molar-refractivity contribution in [2.45, 2.75) is 156 Å². The molecule has 1 aliphatic carbocycles. The van der Waals surface area contributed by atoms with E-state index in [1.165, 1.54) is 18.4 Å². The first-order valence-electron chi connectivity index (χ1n) is 21.8. The van der Waals surface area contributed by atoms with E-state index >= 15 is 0 Å². The number of nitrogens with zero attached hydrogens (tertiary/aromatic N) is 2. The lowest BCUT2D eigenvalue weighted by Gasteiger charge is -2.40. The predicted octanol–water partition coefficient (Wildman–Crippen LogP) is 5.82. The second kappa shape index (κ2) is 33.3. The van der Waals surface area contributed by atoms with Crippen molar-refractivity contribution < 1.29 is 38.9 Å². The number of nitrogens with one attached hydrogen (secondary N) is 3. The van der Waals surface area contributed by atoms with Crippen molar-refractivity contribution in [3.05, 3.63) is 35.9 Å². The van der Waals surface area contributed by atoms with Gasteiger partial charge in [0.25, 0.3) is 6.47 Å². The van der Waals surface area contributed by atoms with E-state index in [2.05, 4.69) is 67.9 Å². The summed E-state index contributed by atoms with van der Waals surface area (Å²) in [7, 11) is 8.08. The number of aliphatic hydroxyl groups is 1. The van der Waals surface area contributed by atoms with E-state index in [4.69, 9.17) is 19.7 Å². The molecule has 0 saturated heterocycles. The maximum absolute atomic E-state index is 14.0. The first-order valence-corrected chi connectivity index (χ1v) is 21.8. The van der Waals surface area contributed by atoms with Gasteiger partial charge in [0, 0.05) is 45.8 Å². The second-order valence-corrected chi connectivity index (χ2v) is 16.5. The third-order valence-corrected chi connectivity index (χ3v) is 11.6. The molecule has 342 valence electrons. The third-order valence-electron chi connectivity index (χ3n) is 11.6. The summed E-state index contributed by atoms with van der Waals surface area (Å²) in [6, 6.07) is 9.92. The normalized spacial score (nSPS) is 16.5. The minimum Gasteiger partial charge on any atom is -0.483 e. The number of carboxylic acid groups (broad SMARTS) is 1. The summed E-state index contributed by atoms with van der Waals surface area (Å²) in [5.41, 5.74) is 1.25. The van der Waals surface area contributed by atoms with E-state index < -0.39 is 6.10 Å². The van der Waals surface area contributed by atoms with Crippen LogP contribution in [0.5, 0.6) is 0 Å². The van der Waals surface area contributed by atoms with Crippen molar-refractivity contribution in [2.24, 2.45) is 29.6 Å². The molecule has 1 fully saturated rings. The molecule has 0 radical (unpaired) electrons. The number of benzene rings is 1. The standard InChI is InChI=1S/C38H66N4O4.C6H13NO.CH2O2.CH4O/c1-11-22-42(34(43)25-33(46-10)36(27(5)12-2)41(9)38(45)35(39-8)26(3)4)29(7)23-28(6)37(44)40-32(31-20-16-17-21-31)24-30-18-14-13-15-19-30;1-5(2)6(4-8)7-3;2-1-3;1-2/h13-15,18-19,26-29,31-33,35-36,39H,11-12,16-17,20-25H2,1-10H3,(H,40,44);4-7H,1-3H3;1H,(H,2,3);2H,1H3/t27?,28-,29?,32?,33?,35+,36?;;;/m1.../s1. The molecular formula is C46H85N5O8. The largest absolute Gasteiger partial charge is 0.483 e. The van der Waals surface area contributed by atoms with Crippen LogP contribution in [0.3, 0.4) is 0 Å². The minimum atomic E-state index is -0.446. The first-order chi connectivity index (χ1) is 28.0. The Balaban J connectivity index is 0. The van der Waals surface area contributed by atoms with Gasteiger partial charge in [0.2, 0.25) is 17.7 Å². The summed E-state index contributed by atoms with van der Waals surface area (Å²) in [6.07, 6.45) is 8.55. The van der Waals surface area contributed by atoms with Crippen LogP contribution in [0.15, 0.2) is 30.3 Å². The van der Waals surface area contributed by atoms with Gasteiger partial charge in [-0.2, -0.15) is 0 Å². The van der Waals surface area contributed by atoms with Gasteiger partial charge in [0.15, 0.2) is 0 Å². The van der Waals surface area contributed by atoms with E-state index in [1.807, 2.05) is 59.7 Å². The summed E-state index contributed by atoms with van der Waals surface area (Å²) in [5, 5.41) is 23.4. The van der Waals surface area contributed by atoms with Crippen LogP contribution >= 0.6 is 0 Å². The Hall–Kier alpha value is -3.39. The smallest absolute Gasteiger partial charge is 0.290 e. The highest BCUT2D eigenvalue weighted by Gasteiger charge is 2.38. The van der Waals surface area contributed by atoms with Gasteiger partial charge in [-0.1, -0.05) is 105 Å². The predicted molar refractivity (Wildman–Crippen MR) is 239 cm³/mol. The molecule has 8 atom stereocenters. The summed E-state index contributed by atoms with van der Waals surface area (Å²) < 4.78 is 5.99. The monoisotopic (exact) mass is 836 g/mol. The van der Waals surface area contributed by atoms with Crippen molar-refractivity contribution in [3.8, 4) is 0 Å². The number of hydrogen-bond acceptors (Lipinski definition) is 9. The molecule has 0 bridgehead atoms. The average molecular weight is 836 g/mol. The van der Waals surface area contributed by atoms with Crippen molar-refractivity contribution in [1.29, 1.82) is 0 Å². The molecule has 5 N–H and O–H groups in total. The molecule has 2 rings (SSSR count). The Morgan fingerprint density at radius 1 is 0.915 bits per heavy atom. The topological polar surface area (TPSA) is 178 Å². The molecule has 0 aliphatic heterocycles. The number of aldehydes is 1. The highest BCUT2D eigenvalue weighted by atomic mass is 16.5. The number of hydrogen-bond donors (Lipinski definition) is 5. The molecule has 13 nitrogen and oxygen atoms in total. The maximum atomic E-state index is 14.0. The summed E-state index contributed by atoms with van der Waals surface area (Å²) >= 11 is 0. The minimum absolute atomic E-state index is 0.00453. The van der Waals surface area contributed by atoms with Crippen LogP contribution in [0.25, 0.3) is 0 Å². The fourth-order valence-electron chi connectivity index (χ4n) is 8.00. The van der Waals surface area contributed by atoms with Gasteiger partial charge < -0.3 is 45.5 Å². The van der Waals surface area contributed by atoms with Crippen LogP contribution in [0.2, 0.25) is 0 Å². The molecule has 3 amide bonds. The molecule has 6 unspecified atom stereocenters. The fraction of sp³-hybridized carbons (Fsp3) is 0.761. The zero-order chi connectivity index (χ0) is 45.7. The summed E-state index contributed by atoms with van der Waals surface area (Å²) in [4.78, 5) is 63.3. The molecule has 0 aromatic heterocycles. The number of likely N-dealkylation sites (N-methyl/N-ethyl adjacent to an activating group) is 3. The molecule has 1 aromatic rings. The van der Waals surface area contributed by atoms with Crippen LogP contribution < -0.4 is 16.0 Å². The van der Waals surface area contributed by atoms with Gasteiger partial charge in [-0.15, -0.1) is 0 Å². The molecule has 1 aliphatic rings. The maximum Gasteiger partial charge on any atom is 0.290 e. The van der Waals surface area contributed by atoms with Gasteiger partial charge in [-0.3, -0.25) is 19.2 Å². The van der Waals surface area contributed by atoms with E-state index in [0.717, 1.165) is 45.5 Å². The van der Waals surface area contributed by atoms with Gasteiger partial charge >= 0.3 is 0 Å². The highest BCUT2D eigenvalue weighted by molar-refractivity contribution is 5.83.